The van der Waals surface area contributed by atoms with E-state index in [-0.39, 0.29) is 17.0 Å². The number of hydrogen-bond donors (Lipinski definition) is 2. The Morgan fingerprint density at radius 1 is 1.03 bits per heavy atom. The Kier molecular flexibility index (Phi) is 4.60. The SMILES string of the molecule is C[C@H](c1ccccc1)n1c(=O)c(-c2ccccc2)cc2c(O)c(C(=O)O)ncc21. The zero-order chi connectivity index (χ0) is 20.5. The molecular weight excluding hydrogens is 368 g/mol. The largest absolute Gasteiger partial charge is 0.505 e. The fourth-order valence-electron chi connectivity index (χ4n) is 3.53. The average Bonchev–Trinajstić information content (AvgIpc) is 2.74. The summed E-state index contributed by atoms with van der Waals surface area (Å²) in [6.45, 7) is 1.88. The van der Waals surface area contributed by atoms with Crippen LogP contribution in [0.2, 0.25) is 0 Å². The molecule has 2 heterocycles. The van der Waals surface area contributed by atoms with Crippen LogP contribution in [0.1, 0.15) is 29.0 Å². The molecule has 0 radical (unpaired) electrons. The molecule has 0 aliphatic rings. The highest BCUT2D eigenvalue weighted by atomic mass is 16.4. The molecule has 0 fully saturated rings. The first-order valence-electron chi connectivity index (χ1n) is 9.10. The number of pyridine rings is 2. The van der Waals surface area contributed by atoms with Crippen molar-refractivity contribution in [2.45, 2.75) is 13.0 Å². The van der Waals surface area contributed by atoms with Crippen molar-refractivity contribution in [1.29, 1.82) is 0 Å². The van der Waals surface area contributed by atoms with E-state index in [0.29, 0.717) is 16.6 Å². The highest BCUT2D eigenvalue weighted by Gasteiger charge is 2.22. The van der Waals surface area contributed by atoms with Gasteiger partial charge in [-0.05, 0) is 24.1 Å². The van der Waals surface area contributed by atoms with Gasteiger partial charge in [-0.3, -0.25) is 9.36 Å². The standard InChI is InChI=1S/C23H18N2O4/c1-14(15-8-4-2-5-9-15)25-19-13-24-20(23(28)29)21(26)18(19)12-17(22(25)27)16-10-6-3-7-11-16/h2-14,26H,1H3,(H,28,29)/t14-/m1/s1. The lowest BCUT2D eigenvalue weighted by atomic mass is 10.0. The van der Waals surface area contributed by atoms with Gasteiger partial charge in [0.05, 0.1) is 17.8 Å². The number of hydrogen-bond acceptors (Lipinski definition) is 4. The first kappa shape index (κ1) is 18.4. The maximum atomic E-state index is 13.5. The smallest absolute Gasteiger partial charge is 0.358 e. The number of nitrogens with zero attached hydrogens (tertiary/aromatic N) is 2. The Labute approximate surface area is 166 Å². The van der Waals surface area contributed by atoms with E-state index in [1.165, 1.54) is 12.3 Å². The van der Waals surface area contributed by atoms with E-state index < -0.39 is 17.4 Å². The van der Waals surface area contributed by atoms with Crippen molar-refractivity contribution in [3.63, 3.8) is 0 Å². The molecule has 6 heteroatoms. The number of carbonyl (C=O) groups is 1. The normalized spacial score (nSPS) is 12.0. The van der Waals surface area contributed by atoms with Crippen LogP contribution in [0.15, 0.2) is 77.7 Å². The topological polar surface area (TPSA) is 92.4 Å². The van der Waals surface area contributed by atoms with Crippen molar-refractivity contribution < 1.29 is 15.0 Å². The maximum absolute atomic E-state index is 13.5. The van der Waals surface area contributed by atoms with Gasteiger partial charge in [0.2, 0.25) is 0 Å². The van der Waals surface area contributed by atoms with Gasteiger partial charge in [0.15, 0.2) is 11.4 Å². The number of aromatic nitrogens is 2. The Morgan fingerprint density at radius 2 is 1.66 bits per heavy atom. The summed E-state index contributed by atoms with van der Waals surface area (Å²) in [4.78, 5) is 28.8. The number of aromatic carboxylic acids is 1. The predicted molar refractivity (Wildman–Crippen MR) is 110 cm³/mol. The van der Waals surface area contributed by atoms with Gasteiger partial charge in [-0.1, -0.05) is 60.7 Å². The van der Waals surface area contributed by atoms with E-state index >= 15 is 0 Å². The summed E-state index contributed by atoms with van der Waals surface area (Å²) in [5.41, 5.74) is 1.63. The minimum Gasteiger partial charge on any atom is -0.505 e. The van der Waals surface area contributed by atoms with E-state index in [0.717, 1.165) is 5.56 Å². The van der Waals surface area contributed by atoms with Crippen molar-refractivity contribution >= 4 is 16.9 Å². The average molecular weight is 386 g/mol. The lowest BCUT2D eigenvalue weighted by molar-refractivity contribution is 0.0687. The first-order chi connectivity index (χ1) is 14.0. The Morgan fingerprint density at radius 3 is 2.28 bits per heavy atom. The molecule has 0 aliphatic carbocycles. The molecule has 0 unspecified atom stereocenters. The number of rotatable bonds is 4. The quantitative estimate of drug-likeness (QED) is 0.551. The van der Waals surface area contributed by atoms with Crippen LogP contribution < -0.4 is 5.56 Å². The van der Waals surface area contributed by atoms with Gasteiger partial charge in [-0.25, -0.2) is 9.78 Å². The van der Waals surface area contributed by atoms with Gasteiger partial charge in [-0.2, -0.15) is 0 Å². The molecule has 0 amide bonds. The molecule has 0 aliphatic heterocycles. The molecule has 0 bridgehead atoms. The minimum atomic E-state index is -1.33. The van der Waals surface area contributed by atoms with Crippen LogP contribution in [0.25, 0.3) is 22.0 Å². The molecule has 0 spiro atoms. The van der Waals surface area contributed by atoms with Gasteiger partial charge in [0.1, 0.15) is 0 Å². The number of carboxylic acids is 1. The van der Waals surface area contributed by atoms with Crippen LogP contribution in [0.5, 0.6) is 5.75 Å². The number of carboxylic acid groups (broad SMARTS) is 1. The number of fused-ring (bicyclic) bond motifs is 1. The Hall–Kier alpha value is -3.93. The van der Waals surface area contributed by atoms with Crippen LogP contribution in [0.4, 0.5) is 0 Å². The number of aromatic hydroxyl groups is 1. The lowest BCUT2D eigenvalue weighted by Gasteiger charge is -2.20. The maximum Gasteiger partial charge on any atom is 0.358 e. The zero-order valence-electron chi connectivity index (χ0n) is 15.6. The summed E-state index contributed by atoms with van der Waals surface area (Å²) in [5.74, 6) is -1.79. The van der Waals surface area contributed by atoms with Crippen LogP contribution in [0, 0.1) is 0 Å². The molecule has 0 saturated heterocycles. The molecule has 4 rings (SSSR count). The van der Waals surface area contributed by atoms with Crippen molar-refractivity contribution in [2.75, 3.05) is 0 Å². The van der Waals surface area contributed by atoms with E-state index in [2.05, 4.69) is 4.98 Å². The highest BCUT2D eigenvalue weighted by Crippen LogP contribution is 2.32. The molecule has 0 saturated carbocycles. The fourth-order valence-corrected chi connectivity index (χ4v) is 3.53. The molecule has 144 valence electrons. The molecule has 29 heavy (non-hydrogen) atoms. The Bertz CT molecular complexity index is 1270. The third-order valence-corrected chi connectivity index (χ3v) is 5.03. The third kappa shape index (κ3) is 3.14. The third-order valence-electron chi connectivity index (χ3n) is 5.03. The van der Waals surface area contributed by atoms with Gasteiger partial charge in [0.25, 0.3) is 5.56 Å². The molecule has 2 aromatic carbocycles. The summed E-state index contributed by atoms with van der Waals surface area (Å²) in [6, 6.07) is 19.8. The van der Waals surface area contributed by atoms with Crippen molar-refractivity contribution in [3.05, 3.63) is 94.5 Å². The summed E-state index contributed by atoms with van der Waals surface area (Å²) < 4.78 is 1.55. The van der Waals surface area contributed by atoms with Crippen LogP contribution in [-0.4, -0.2) is 25.7 Å². The Balaban J connectivity index is 2.10. The van der Waals surface area contributed by atoms with Crippen LogP contribution >= 0.6 is 0 Å². The summed E-state index contributed by atoms with van der Waals surface area (Å²) >= 11 is 0. The summed E-state index contributed by atoms with van der Waals surface area (Å²) in [7, 11) is 0. The van der Waals surface area contributed by atoms with E-state index in [1.807, 2.05) is 55.5 Å². The van der Waals surface area contributed by atoms with E-state index in [4.69, 9.17) is 0 Å². The molecule has 6 nitrogen and oxygen atoms in total. The van der Waals surface area contributed by atoms with E-state index in [9.17, 15) is 19.8 Å². The van der Waals surface area contributed by atoms with Gasteiger partial charge < -0.3 is 10.2 Å². The van der Waals surface area contributed by atoms with Crippen LogP contribution in [-0.2, 0) is 0 Å². The van der Waals surface area contributed by atoms with Gasteiger partial charge in [0, 0.05) is 10.9 Å². The first-order valence-corrected chi connectivity index (χ1v) is 9.10. The van der Waals surface area contributed by atoms with Gasteiger partial charge >= 0.3 is 5.97 Å². The highest BCUT2D eigenvalue weighted by molar-refractivity contribution is 5.98. The molecule has 2 N–H and O–H groups in total. The second kappa shape index (κ2) is 7.24. The second-order valence-corrected chi connectivity index (χ2v) is 6.75. The van der Waals surface area contributed by atoms with E-state index in [1.54, 1.807) is 16.7 Å². The zero-order valence-corrected chi connectivity index (χ0v) is 15.6. The second-order valence-electron chi connectivity index (χ2n) is 6.75. The minimum absolute atomic E-state index is 0.246. The lowest BCUT2D eigenvalue weighted by Crippen LogP contribution is -2.26. The van der Waals surface area contributed by atoms with Crippen molar-refractivity contribution in [3.8, 4) is 16.9 Å². The molecule has 4 aromatic rings. The van der Waals surface area contributed by atoms with Crippen LogP contribution in [0.3, 0.4) is 0 Å². The fraction of sp³-hybridized carbons (Fsp3) is 0.0870. The molecular formula is C23H18N2O4. The van der Waals surface area contributed by atoms with Crippen molar-refractivity contribution in [1.82, 2.24) is 9.55 Å². The molecule has 1 atom stereocenters. The van der Waals surface area contributed by atoms with Crippen molar-refractivity contribution in [2.24, 2.45) is 0 Å². The monoisotopic (exact) mass is 386 g/mol. The molecule has 2 aromatic heterocycles. The number of benzene rings is 2. The van der Waals surface area contributed by atoms with Gasteiger partial charge in [-0.15, -0.1) is 0 Å². The predicted octanol–water partition coefficient (Wildman–Crippen LogP) is 4.08. The summed E-state index contributed by atoms with van der Waals surface area (Å²) in [6.07, 6.45) is 1.33. The summed E-state index contributed by atoms with van der Waals surface area (Å²) in [5, 5.41) is 20.2.